The molecule has 21 heavy (non-hydrogen) atoms. The Morgan fingerprint density at radius 1 is 1.10 bits per heavy atom. The maximum Gasteiger partial charge on any atom is 0.254 e. The molecule has 2 aromatic rings. The predicted molar refractivity (Wildman–Crippen MR) is 81.9 cm³/mol. The Hall–Kier alpha value is -2.49. The number of phenolic OH excluding ortho intramolecular Hbond substituents is 1. The highest BCUT2D eigenvalue weighted by molar-refractivity contribution is 5.94. The maximum absolute atomic E-state index is 12.6. The van der Waals surface area contributed by atoms with Crippen molar-refractivity contribution in [1.82, 2.24) is 4.90 Å². The molecule has 4 nitrogen and oxygen atoms in total. The number of nitrogens with two attached hydrogens (primary N) is 1. The number of hydrogen-bond acceptors (Lipinski definition) is 3. The zero-order valence-electron chi connectivity index (χ0n) is 11.7. The third-order valence-corrected chi connectivity index (χ3v) is 3.70. The van der Waals surface area contributed by atoms with Crippen molar-refractivity contribution in [2.24, 2.45) is 0 Å². The van der Waals surface area contributed by atoms with Crippen LogP contribution in [-0.4, -0.2) is 22.0 Å². The molecular weight excluding hydrogens is 264 g/mol. The molecule has 0 atom stereocenters. The average Bonchev–Trinajstić information content (AvgIpc) is 3.31. The lowest BCUT2D eigenvalue weighted by Crippen LogP contribution is -2.32. The molecule has 108 valence electrons. The van der Waals surface area contributed by atoms with Gasteiger partial charge in [0, 0.05) is 23.8 Å². The first kappa shape index (κ1) is 13.5. The summed E-state index contributed by atoms with van der Waals surface area (Å²) in [7, 11) is 0. The number of carbonyl (C=O) groups is 1. The fourth-order valence-corrected chi connectivity index (χ4v) is 2.34. The minimum atomic E-state index is 0.00863. The molecule has 0 spiro atoms. The van der Waals surface area contributed by atoms with Crippen LogP contribution in [0.2, 0.25) is 0 Å². The van der Waals surface area contributed by atoms with E-state index in [4.69, 9.17) is 5.73 Å². The molecule has 2 aromatic carbocycles. The first-order valence-electron chi connectivity index (χ1n) is 7.08. The normalized spacial score (nSPS) is 13.9. The van der Waals surface area contributed by atoms with E-state index in [1.54, 1.807) is 24.3 Å². The lowest BCUT2D eigenvalue weighted by molar-refractivity contribution is 0.0730. The molecule has 3 N–H and O–H groups in total. The molecule has 0 aliphatic heterocycles. The molecule has 0 aromatic heterocycles. The van der Waals surface area contributed by atoms with Gasteiger partial charge in [-0.05, 0) is 54.8 Å². The fourth-order valence-electron chi connectivity index (χ4n) is 2.34. The largest absolute Gasteiger partial charge is 0.508 e. The second-order valence-corrected chi connectivity index (χ2v) is 5.45. The molecule has 1 fully saturated rings. The Balaban J connectivity index is 1.79. The summed E-state index contributed by atoms with van der Waals surface area (Å²) in [4.78, 5) is 14.5. The Morgan fingerprint density at radius 3 is 2.29 bits per heavy atom. The van der Waals surface area contributed by atoms with E-state index in [0.29, 0.717) is 18.2 Å². The van der Waals surface area contributed by atoms with Gasteiger partial charge in [-0.2, -0.15) is 0 Å². The number of carbonyl (C=O) groups excluding carboxylic acids is 1. The van der Waals surface area contributed by atoms with Crippen LogP contribution in [0.1, 0.15) is 28.8 Å². The molecular formula is C17H18N2O2. The van der Waals surface area contributed by atoms with Gasteiger partial charge in [0.15, 0.2) is 0 Å². The van der Waals surface area contributed by atoms with Crippen molar-refractivity contribution in [2.75, 3.05) is 5.73 Å². The number of hydrogen-bond donors (Lipinski definition) is 2. The second-order valence-electron chi connectivity index (χ2n) is 5.45. The summed E-state index contributed by atoms with van der Waals surface area (Å²) < 4.78 is 0. The van der Waals surface area contributed by atoms with Crippen molar-refractivity contribution in [3.8, 4) is 5.75 Å². The van der Waals surface area contributed by atoms with Crippen LogP contribution in [0.25, 0.3) is 0 Å². The SMILES string of the molecule is Nc1ccc(CN(C(=O)c2ccc(O)cc2)C2CC2)cc1. The number of anilines is 1. The van der Waals surface area contributed by atoms with Crippen LogP contribution < -0.4 is 5.73 Å². The second kappa shape index (κ2) is 5.48. The molecule has 0 bridgehead atoms. The molecule has 3 rings (SSSR count). The van der Waals surface area contributed by atoms with Crippen LogP contribution >= 0.6 is 0 Å². The van der Waals surface area contributed by atoms with Crippen molar-refractivity contribution < 1.29 is 9.90 Å². The number of amides is 1. The van der Waals surface area contributed by atoms with Crippen molar-refractivity contribution in [3.63, 3.8) is 0 Å². The lowest BCUT2D eigenvalue weighted by Gasteiger charge is -2.23. The number of benzene rings is 2. The first-order chi connectivity index (χ1) is 10.1. The van der Waals surface area contributed by atoms with Gasteiger partial charge >= 0.3 is 0 Å². The van der Waals surface area contributed by atoms with E-state index >= 15 is 0 Å². The van der Waals surface area contributed by atoms with Gasteiger partial charge in [0.25, 0.3) is 5.91 Å². The number of nitrogen functional groups attached to an aromatic ring is 1. The molecule has 1 saturated carbocycles. The average molecular weight is 282 g/mol. The van der Waals surface area contributed by atoms with E-state index in [2.05, 4.69) is 0 Å². The van der Waals surface area contributed by atoms with Gasteiger partial charge in [-0.15, -0.1) is 0 Å². The number of phenols is 1. The van der Waals surface area contributed by atoms with E-state index in [1.165, 1.54) is 0 Å². The van der Waals surface area contributed by atoms with E-state index < -0.39 is 0 Å². The number of aromatic hydroxyl groups is 1. The highest BCUT2D eigenvalue weighted by Crippen LogP contribution is 2.30. The van der Waals surface area contributed by atoms with Crippen LogP contribution in [0.5, 0.6) is 5.75 Å². The van der Waals surface area contributed by atoms with Crippen molar-refractivity contribution in [1.29, 1.82) is 0 Å². The standard InChI is InChI=1S/C17H18N2O2/c18-14-5-1-12(2-6-14)11-19(15-7-8-15)17(21)13-3-9-16(20)10-4-13/h1-6,9-10,15,20H,7-8,11,18H2. The van der Waals surface area contributed by atoms with Crippen LogP contribution in [-0.2, 0) is 6.54 Å². The van der Waals surface area contributed by atoms with Gasteiger partial charge in [0.2, 0.25) is 0 Å². The van der Waals surface area contributed by atoms with Gasteiger partial charge in [-0.25, -0.2) is 0 Å². The summed E-state index contributed by atoms with van der Waals surface area (Å²) in [6, 6.07) is 14.3. The summed E-state index contributed by atoms with van der Waals surface area (Å²) in [6.07, 6.45) is 2.11. The Labute approximate surface area is 123 Å². The van der Waals surface area contributed by atoms with E-state index in [9.17, 15) is 9.90 Å². The predicted octanol–water partition coefficient (Wildman–Crippen LogP) is 2.78. The van der Waals surface area contributed by atoms with Gasteiger partial charge in [-0.3, -0.25) is 4.79 Å². The van der Waals surface area contributed by atoms with Gasteiger partial charge in [0.05, 0.1) is 0 Å². The Bertz CT molecular complexity index is 631. The summed E-state index contributed by atoms with van der Waals surface area (Å²) in [5.41, 5.74) is 8.09. The molecule has 1 amide bonds. The summed E-state index contributed by atoms with van der Waals surface area (Å²) in [5, 5.41) is 9.32. The summed E-state index contributed by atoms with van der Waals surface area (Å²) in [5.74, 6) is 0.178. The molecule has 0 saturated heterocycles. The van der Waals surface area contributed by atoms with Crippen molar-refractivity contribution >= 4 is 11.6 Å². The lowest BCUT2D eigenvalue weighted by atomic mass is 10.1. The smallest absolute Gasteiger partial charge is 0.254 e. The number of nitrogens with zero attached hydrogens (tertiary/aromatic N) is 1. The van der Waals surface area contributed by atoms with Gasteiger partial charge in [-0.1, -0.05) is 12.1 Å². The highest BCUT2D eigenvalue weighted by atomic mass is 16.3. The van der Waals surface area contributed by atoms with E-state index in [0.717, 1.165) is 24.1 Å². The third-order valence-electron chi connectivity index (χ3n) is 3.70. The minimum absolute atomic E-state index is 0.00863. The summed E-state index contributed by atoms with van der Waals surface area (Å²) >= 11 is 0. The molecule has 0 unspecified atom stereocenters. The quantitative estimate of drug-likeness (QED) is 0.847. The topological polar surface area (TPSA) is 66.6 Å². The van der Waals surface area contributed by atoms with Gasteiger partial charge in [0.1, 0.15) is 5.75 Å². The number of rotatable bonds is 4. The Morgan fingerprint density at radius 2 is 1.71 bits per heavy atom. The zero-order chi connectivity index (χ0) is 14.8. The molecule has 4 heteroatoms. The molecule has 0 radical (unpaired) electrons. The first-order valence-corrected chi connectivity index (χ1v) is 7.08. The van der Waals surface area contributed by atoms with Crippen LogP contribution in [0.4, 0.5) is 5.69 Å². The van der Waals surface area contributed by atoms with E-state index in [-0.39, 0.29) is 11.7 Å². The maximum atomic E-state index is 12.6. The molecule has 0 heterocycles. The molecule has 1 aliphatic carbocycles. The zero-order valence-corrected chi connectivity index (χ0v) is 11.7. The Kier molecular flexibility index (Phi) is 3.52. The summed E-state index contributed by atoms with van der Waals surface area (Å²) in [6.45, 7) is 0.588. The van der Waals surface area contributed by atoms with Crippen LogP contribution in [0.3, 0.4) is 0 Å². The highest BCUT2D eigenvalue weighted by Gasteiger charge is 2.33. The van der Waals surface area contributed by atoms with Crippen LogP contribution in [0.15, 0.2) is 48.5 Å². The van der Waals surface area contributed by atoms with Gasteiger partial charge < -0.3 is 15.7 Å². The minimum Gasteiger partial charge on any atom is -0.508 e. The monoisotopic (exact) mass is 282 g/mol. The van der Waals surface area contributed by atoms with Crippen molar-refractivity contribution in [2.45, 2.75) is 25.4 Å². The van der Waals surface area contributed by atoms with Crippen molar-refractivity contribution in [3.05, 3.63) is 59.7 Å². The third kappa shape index (κ3) is 3.16. The fraction of sp³-hybridized carbons (Fsp3) is 0.235. The van der Waals surface area contributed by atoms with E-state index in [1.807, 2.05) is 29.2 Å². The molecule has 1 aliphatic rings. The van der Waals surface area contributed by atoms with Crippen LogP contribution in [0, 0.1) is 0 Å².